The fourth-order valence-corrected chi connectivity index (χ4v) is 3.21. The maximum atomic E-state index is 12.0. The molecule has 0 spiro atoms. The molecule has 0 aliphatic rings. The van der Waals surface area contributed by atoms with Gasteiger partial charge in [0.25, 0.3) is 0 Å². The number of pyridine rings is 1. The molecule has 0 saturated heterocycles. The van der Waals surface area contributed by atoms with Gasteiger partial charge in [-0.2, -0.15) is 0 Å². The largest absolute Gasteiger partial charge is 0.347 e. The fraction of sp³-hybridized carbons (Fsp3) is 0.364. The number of sulfone groups is 1. The average molecular weight is 273 g/mol. The molecule has 2 aromatic rings. The van der Waals surface area contributed by atoms with Crippen molar-refractivity contribution in [3.8, 4) is 0 Å². The van der Waals surface area contributed by atoms with Crippen LogP contribution in [0.1, 0.15) is 12.6 Å². The third-order valence-corrected chi connectivity index (χ3v) is 4.62. The molecule has 0 bridgehead atoms. The van der Waals surface area contributed by atoms with Crippen molar-refractivity contribution in [1.29, 1.82) is 0 Å². The monoisotopic (exact) mass is 272 g/mol. The summed E-state index contributed by atoms with van der Waals surface area (Å²) in [6.07, 6.45) is 1.70. The molecular weight excluding hydrogens is 260 g/mol. The van der Waals surface area contributed by atoms with Gasteiger partial charge in [-0.15, -0.1) is 0 Å². The molecule has 92 valence electrons. The zero-order chi connectivity index (χ0) is 12.8. The molecule has 0 atom stereocenters. The predicted octanol–water partition coefficient (Wildman–Crippen LogP) is 2.33. The Kier molecular flexibility index (Phi) is 2.91. The Balaban J connectivity index is 2.98. The van der Waals surface area contributed by atoms with Gasteiger partial charge in [0, 0.05) is 24.3 Å². The van der Waals surface area contributed by atoms with Crippen LogP contribution in [0.5, 0.6) is 0 Å². The highest BCUT2D eigenvalue weighted by Gasteiger charge is 2.21. The Morgan fingerprint density at radius 1 is 1.47 bits per heavy atom. The summed E-state index contributed by atoms with van der Waals surface area (Å²) in [6.45, 7) is 3.37. The van der Waals surface area contributed by atoms with Crippen molar-refractivity contribution in [3.63, 3.8) is 0 Å². The Hall–Kier alpha value is -1.07. The van der Waals surface area contributed by atoms with Crippen LogP contribution in [0.2, 0.25) is 5.02 Å². The number of aromatic nitrogens is 2. The minimum Gasteiger partial charge on any atom is -0.347 e. The summed E-state index contributed by atoms with van der Waals surface area (Å²) in [4.78, 5) is 4.15. The quantitative estimate of drug-likeness (QED) is 0.843. The van der Waals surface area contributed by atoms with Gasteiger partial charge in [-0.3, -0.25) is 0 Å². The van der Waals surface area contributed by atoms with Crippen LogP contribution >= 0.6 is 11.6 Å². The van der Waals surface area contributed by atoms with Gasteiger partial charge in [0.05, 0.1) is 16.3 Å². The molecule has 2 heterocycles. The van der Waals surface area contributed by atoms with E-state index in [1.54, 1.807) is 37.7 Å². The highest BCUT2D eigenvalue weighted by molar-refractivity contribution is 7.91. The van der Waals surface area contributed by atoms with E-state index in [0.717, 1.165) is 5.39 Å². The topological polar surface area (TPSA) is 52.0 Å². The summed E-state index contributed by atoms with van der Waals surface area (Å²) in [5, 5.41) is 1.39. The van der Waals surface area contributed by atoms with Crippen molar-refractivity contribution in [3.05, 3.63) is 23.0 Å². The number of nitrogens with zero attached hydrogens (tertiary/aromatic N) is 2. The summed E-state index contributed by atoms with van der Waals surface area (Å²) in [6, 6.07) is 1.80. The van der Waals surface area contributed by atoms with Crippen LogP contribution in [0.15, 0.2) is 17.3 Å². The molecule has 0 unspecified atom stereocenters. The van der Waals surface area contributed by atoms with E-state index in [-0.39, 0.29) is 10.8 Å². The second-order valence-corrected chi connectivity index (χ2v) is 6.56. The Labute approximate surface area is 105 Å². The zero-order valence-corrected chi connectivity index (χ0v) is 11.4. The molecular formula is C11H13ClN2O2S. The molecule has 2 aromatic heterocycles. The average Bonchev–Trinajstić information content (AvgIpc) is 2.53. The van der Waals surface area contributed by atoms with Crippen LogP contribution in [-0.2, 0) is 16.9 Å². The summed E-state index contributed by atoms with van der Waals surface area (Å²) in [5.41, 5.74) is 1.22. The third kappa shape index (κ3) is 1.93. The minimum absolute atomic E-state index is 0.0291. The van der Waals surface area contributed by atoms with Gasteiger partial charge in [-0.1, -0.05) is 18.5 Å². The molecule has 0 saturated carbocycles. The molecule has 0 aliphatic carbocycles. The fourth-order valence-electron chi connectivity index (χ4n) is 1.82. The maximum absolute atomic E-state index is 12.0. The van der Waals surface area contributed by atoms with Gasteiger partial charge in [-0.05, 0) is 13.0 Å². The van der Waals surface area contributed by atoms with Crippen LogP contribution in [-0.4, -0.2) is 23.7 Å². The lowest BCUT2D eigenvalue weighted by Crippen LogP contribution is -2.09. The van der Waals surface area contributed by atoms with Crippen molar-refractivity contribution in [2.75, 3.05) is 5.75 Å². The predicted molar refractivity (Wildman–Crippen MR) is 68.2 cm³/mol. The van der Waals surface area contributed by atoms with E-state index < -0.39 is 9.84 Å². The molecule has 0 N–H and O–H groups in total. The highest BCUT2D eigenvalue weighted by Crippen LogP contribution is 2.30. The second kappa shape index (κ2) is 3.99. The van der Waals surface area contributed by atoms with Crippen LogP contribution in [0.3, 0.4) is 0 Å². The van der Waals surface area contributed by atoms with E-state index in [9.17, 15) is 8.42 Å². The number of rotatable bonds is 2. The van der Waals surface area contributed by atoms with Crippen molar-refractivity contribution in [2.24, 2.45) is 7.05 Å². The molecule has 2 rings (SSSR count). The summed E-state index contributed by atoms with van der Waals surface area (Å²) < 4.78 is 25.7. The minimum atomic E-state index is -3.35. The van der Waals surface area contributed by atoms with Gasteiger partial charge in [0.1, 0.15) is 0 Å². The van der Waals surface area contributed by atoms with E-state index in [0.29, 0.717) is 16.2 Å². The van der Waals surface area contributed by atoms with E-state index in [1.807, 2.05) is 0 Å². The van der Waals surface area contributed by atoms with E-state index in [4.69, 9.17) is 11.6 Å². The summed E-state index contributed by atoms with van der Waals surface area (Å²) >= 11 is 6.07. The third-order valence-electron chi connectivity index (χ3n) is 2.68. The van der Waals surface area contributed by atoms with Crippen LogP contribution in [0.4, 0.5) is 0 Å². The first-order valence-electron chi connectivity index (χ1n) is 5.21. The van der Waals surface area contributed by atoms with Crippen molar-refractivity contribution in [1.82, 2.24) is 9.55 Å². The molecule has 0 aromatic carbocycles. The molecule has 0 amide bonds. The Morgan fingerprint density at radius 2 is 2.12 bits per heavy atom. The molecule has 0 radical (unpaired) electrons. The molecule has 6 heteroatoms. The van der Waals surface area contributed by atoms with E-state index in [1.165, 1.54) is 0 Å². The number of halogens is 1. The molecule has 0 aliphatic heterocycles. The number of fused-ring (bicyclic) bond motifs is 1. The lowest BCUT2D eigenvalue weighted by Gasteiger charge is -2.06. The van der Waals surface area contributed by atoms with Gasteiger partial charge < -0.3 is 4.57 Å². The van der Waals surface area contributed by atoms with Crippen molar-refractivity contribution < 1.29 is 8.42 Å². The molecule has 4 nitrogen and oxygen atoms in total. The lowest BCUT2D eigenvalue weighted by atomic mass is 10.3. The normalized spacial score (nSPS) is 12.2. The van der Waals surface area contributed by atoms with Crippen LogP contribution < -0.4 is 0 Å². The first-order chi connectivity index (χ1) is 7.86. The van der Waals surface area contributed by atoms with Crippen molar-refractivity contribution >= 4 is 32.3 Å². The van der Waals surface area contributed by atoms with E-state index in [2.05, 4.69) is 4.98 Å². The first kappa shape index (κ1) is 12.4. The number of hydrogen-bond acceptors (Lipinski definition) is 3. The van der Waals surface area contributed by atoms with Crippen molar-refractivity contribution in [2.45, 2.75) is 18.9 Å². The Morgan fingerprint density at radius 3 is 2.71 bits per heavy atom. The van der Waals surface area contributed by atoms with Crippen LogP contribution in [0, 0.1) is 6.92 Å². The van der Waals surface area contributed by atoms with Gasteiger partial charge in [-0.25, -0.2) is 13.4 Å². The summed E-state index contributed by atoms with van der Waals surface area (Å²) in [7, 11) is -1.58. The number of aryl methyl sites for hydroxylation is 2. The van der Waals surface area contributed by atoms with Crippen LogP contribution in [0.25, 0.3) is 10.9 Å². The summed E-state index contributed by atoms with van der Waals surface area (Å²) in [5.74, 6) is 0.0291. The molecule has 0 fully saturated rings. The second-order valence-electron chi connectivity index (χ2n) is 3.96. The SMILES string of the molecule is CCS(=O)(=O)c1nc(C)cc2c(Cl)cn(C)c12. The van der Waals surface area contributed by atoms with E-state index >= 15 is 0 Å². The first-order valence-corrected chi connectivity index (χ1v) is 7.24. The smallest absolute Gasteiger partial charge is 0.197 e. The molecule has 17 heavy (non-hydrogen) atoms. The highest BCUT2D eigenvalue weighted by atomic mass is 35.5. The van der Waals surface area contributed by atoms with Gasteiger partial charge in [0.2, 0.25) is 0 Å². The zero-order valence-electron chi connectivity index (χ0n) is 9.86. The number of hydrogen-bond donors (Lipinski definition) is 0. The van der Waals surface area contributed by atoms with Gasteiger partial charge >= 0.3 is 0 Å². The Bertz CT molecular complexity index is 689. The van der Waals surface area contributed by atoms with Gasteiger partial charge in [0.15, 0.2) is 14.9 Å². The maximum Gasteiger partial charge on any atom is 0.197 e. The lowest BCUT2D eigenvalue weighted by molar-refractivity contribution is 0.593. The standard InChI is InChI=1S/C11H13ClN2O2S/c1-4-17(15,16)11-10-8(5-7(2)13-11)9(12)6-14(10)3/h5-6H,4H2,1-3H3.